The van der Waals surface area contributed by atoms with E-state index in [2.05, 4.69) is 5.32 Å². The molecule has 0 atom stereocenters. The molecule has 0 saturated heterocycles. The minimum atomic E-state index is -4.43. The summed E-state index contributed by atoms with van der Waals surface area (Å²) in [4.78, 5) is 21.7. The summed E-state index contributed by atoms with van der Waals surface area (Å²) in [6.07, 6.45) is -1.82. The second-order valence-electron chi connectivity index (χ2n) is 4.75. The molecule has 0 heterocycles. The van der Waals surface area contributed by atoms with E-state index in [0.29, 0.717) is 5.56 Å². The zero-order chi connectivity index (χ0) is 17.7. The Labute approximate surface area is 134 Å². The Morgan fingerprint density at radius 2 is 1.62 bits per heavy atom. The highest BCUT2D eigenvalue weighted by atomic mass is 19.4. The number of nitrogens with zero attached hydrogens (tertiary/aromatic N) is 1. The number of anilines is 1. The lowest BCUT2D eigenvalue weighted by molar-refractivity contribution is -0.384. The van der Waals surface area contributed by atoms with E-state index in [-0.39, 0.29) is 11.4 Å². The summed E-state index contributed by atoms with van der Waals surface area (Å²) < 4.78 is 37.3. The summed E-state index contributed by atoms with van der Waals surface area (Å²) in [6.45, 7) is 0. The van der Waals surface area contributed by atoms with Gasteiger partial charge in [0.05, 0.1) is 10.5 Å². The molecule has 0 unspecified atom stereocenters. The highest BCUT2D eigenvalue weighted by Crippen LogP contribution is 2.29. The molecule has 0 saturated carbocycles. The third-order valence-corrected chi connectivity index (χ3v) is 3.01. The molecule has 1 N–H and O–H groups in total. The molecule has 2 aromatic carbocycles. The fourth-order valence-corrected chi connectivity index (χ4v) is 1.81. The third-order valence-electron chi connectivity index (χ3n) is 3.01. The molecule has 0 fully saturated rings. The van der Waals surface area contributed by atoms with Crippen LogP contribution in [0, 0.1) is 10.1 Å². The Morgan fingerprint density at radius 1 is 1.04 bits per heavy atom. The van der Waals surface area contributed by atoms with Crippen LogP contribution < -0.4 is 5.32 Å². The first-order valence-corrected chi connectivity index (χ1v) is 6.66. The lowest BCUT2D eigenvalue weighted by Gasteiger charge is -2.07. The number of amides is 1. The van der Waals surface area contributed by atoms with E-state index in [4.69, 9.17) is 0 Å². The smallest absolute Gasteiger partial charge is 0.323 e. The summed E-state index contributed by atoms with van der Waals surface area (Å²) in [5.74, 6) is -0.534. The average Bonchev–Trinajstić information content (AvgIpc) is 2.53. The number of alkyl halides is 3. The van der Waals surface area contributed by atoms with Crippen molar-refractivity contribution in [2.24, 2.45) is 0 Å². The molecule has 124 valence electrons. The van der Waals surface area contributed by atoms with Crippen molar-refractivity contribution >= 4 is 23.4 Å². The summed E-state index contributed by atoms with van der Waals surface area (Å²) >= 11 is 0. The van der Waals surface area contributed by atoms with E-state index in [0.717, 1.165) is 24.3 Å². The van der Waals surface area contributed by atoms with Crippen molar-refractivity contribution in [3.05, 3.63) is 75.8 Å². The first kappa shape index (κ1) is 17.2. The molecule has 0 aliphatic carbocycles. The van der Waals surface area contributed by atoms with Crippen molar-refractivity contribution in [3.8, 4) is 0 Å². The van der Waals surface area contributed by atoms with Gasteiger partial charge in [-0.2, -0.15) is 13.2 Å². The number of carbonyl (C=O) groups excluding carboxylic acids is 1. The molecule has 5 nitrogen and oxygen atoms in total. The topological polar surface area (TPSA) is 72.2 Å². The summed E-state index contributed by atoms with van der Waals surface area (Å²) in [5, 5.41) is 12.9. The molecule has 0 bridgehead atoms. The monoisotopic (exact) mass is 336 g/mol. The molecular weight excluding hydrogens is 325 g/mol. The summed E-state index contributed by atoms with van der Waals surface area (Å²) in [7, 11) is 0. The second kappa shape index (κ2) is 6.95. The Hall–Kier alpha value is -3.16. The average molecular weight is 336 g/mol. The lowest BCUT2D eigenvalue weighted by Crippen LogP contribution is -2.09. The maximum atomic E-state index is 12.4. The number of nitro benzene ring substituents is 1. The number of nitrogens with one attached hydrogen (secondary N) is 1. The molecule has 2 rings (SSSR count). The van der Waals surface area contributed by atoms with Crippen LogP contribution in [0.5, 0.6) is 0 Å². The predicted octanol–water partition coefficient (Wildman–Crippen LogP) is 4.27. The van der Waals surface area contributed by atoms with Crippen molar-refractivity contribution in [2.75, 3.05) is 5.32 Å². The molecule has 0 spiro atoms. The first-order valence-electron chi connectivity index (χ1n) is 6.66. The van der Waals surface area contributed by atoms with Crippen LogP contribution in [0.3, 0.4) is 0 Å². The molecule has 0 aromatic heterocycles. The van der Waals surface area contributed by atoms with Gasteiger partial charge in [0.1, 0.15) is 0 Å². The first-order chi connectivity index (χ1) is 11.3. The molecule has 0 aliphatic heterocycles. The zero-order valence-electron chi connectivity index (χ0n) is 12.1. The fourth-order valence-electron chi connectivity index (χ4n) is 1.81. The minimum Gasteiger partial charge on any atom is -0.323 e. The Balaban J connectivity index is 1.98. The van der Waals surface area contributed by atoms with Crippen molar-refractivity contribution in [1.82, 2.24) is 0 Å². The van der Waals surface area contributed by atoms with Crippen LogP contribution in [-0.2, 0) is 11.0 Å². The van der Waals surface area contributed by atoms with Crippen LogP contribution in [0.25, 0.3) is 6.08 Å². The third kappa shape index (κ3) is 4.67. The van der Waals surface area contributed by atoms with Crippen LogP contribution in [-0.4, -0.2) is 10.8 Å². The maximum Gasteiger partial charge on any atom is 0.416 e. The maximum absolute atomic E-state index is 12.4. The number of hydrogen-bond donors (Lipinski definition) is 1. The van der Waals surface area contributed by atoms with Crippen LogP contribution in [0.4, 0.5) is 24.5 Å². The van der Waals surface area contributed by atoms with Gasteiger partial charge in [0.2, 0.25) is 5.91 Å². The molecule has 0 aliphatic rings. The Morgan fingerprint density at radius 3 is 2.12 bits per heavy atom. The van der Waals surface area contributed by atoms with Gasteiger partial charge in [-0.25, -0.2) is 0 Å². The highest BCUT2D eigenvalue weighted by Gasteiger charge is 2.29. The number of hydrogen-bond acceptors (Lipinski definition) is 3. The van der Waals surface area contributed by atoms with Crippen LogP contribution >= 0.6 is 0 Å². The van der Waals surface area contributed by atoms with Crippen molar-refractivity contribution < 1.29 is 22.9 Å². The van der Waals surface area contributed by atoms with Crippen LogP contribution in [0.1, 0.15) is 11.1 Å². The van der Waals surface area contributed by atoms with E-state index in [1.54, 1.807) is 0 Å². The summed E-state index contributed by atoms with van der Waals surface area (Å²) in [5.41, 5.74) is -0.0761. The van der Waals surface area contributed by atoms with E-state index in [9.17, 15) is 28.1 Å². The van der Waals surface area contributed by atoms with E-state index < -0.39 is 22.6 Å². The van der Waals surface area contributed by atoms with Gasteiger partial charge in [-0.3, -0.25) is 14.9 Å². The van der Waals surface area contributed by atoms with Gasteiger partial charge >= 0.3 is 6.18 Å². The van der Waals surface area contributed by atoms with Crippen molar-refractivity contribution in [3.63, 3.8) is 0 Å². The normalized spacial score (nSPS) is 11.5. The summed E-state index contributed by atoms with van der Waals surface area (Å²) in [6, 6.07) is 9.59. The van der Waals surface area contributed by atoms with Gasteiger partial charge in [-0.15, -0.1) is 0 Å². The fraction of sp³-hybridized carbons (Fsp3) is 0.0625. The molecule has 24 heavy (non-hydrogen) atoms. The number of non-ortho nitro benzene ring substituents is 1. The Bertz CT molecular complexity index is 767. The minimum absolute atomic E-state index is 0.0682. The van der Waals surface area contributed by atoms with Crippen molar-refractivity contribution in [1.29, 1.82) is 0 Å². The van der Waals surface area contributed by atoms with E-state index >= 15 is 0 Å². The molecular formula is C16H11F3N2O3. The van der Waals surface area contributed by atoms with Gasteiger partial charge in [-0.1, -0.05) is 0 Å². The van der Waals surface area contributed by atoms with Gasteiger partial charge in [-0.05, 0) is 48.0 Å². The van der Waals surface area contributed by atoms with Gasteiger partial charge in [0, 0.05) is 23.9 Å². The van der Waals surface area contributed by atoms with Crippen molar-refractivity contribution in [2.45, 2.75) is 6.18 Å². The quantitative estimate of drug-likeness (QED) is 0.515. The number of carbonyl (C=O) groups is 1. The van der Waals surface area contributed by atoms with Crippen LogP contribution in [0.15, 0.2) is 54.6 Å². The predicted molar refractivity (Wildman–Crippen MR) is 82.2 cm³/mol. The van der Waals surface area contributed by atoms with Gasteiger partial charge in [0.15, 0.2) is 0 Å². The second-order valence-corrected chi connectivity index (χ2v) is 4.75. The SMILES string of the molecule is O=C(/C=C\c1ccc([N+](=O)[O-])cc1)Nc1ccc(C(F)(F)F)cc1. The molecule has 0 radical (unpaired) electrons. The van der Waals surface area contributed by atoms with Gasteiger partial charge < -0.3 is 5.32 Å². The molecule has 2 aromatic rings. The molecule has 1 amide bonds. The highest BCUT2D eigenvalue weighted by molar-refractivity contribution is 6.01. The van der Waals surface area contributed by atoms with Crippen LogP contribution in [0.2, 0.25) is 0 Å². The number of benzene rings is 2. The van der Waals surface area contributed by atoms with E-state index in [1.165, 1.54) is 36.4 Å². The largest absolute Gasteiger partial charge is 0.416 e. The lowest BCUT2D eigenvalue weighted by atomic mass is 10.2. The number of halogens is 3. The zero-order valence-corrected chi connectivity index (χ0v) is 12.1. The Kier molecular flexibility index (Phi) is 4.98. The standard InChI is InChI=1S/C16H11F3N2O3/c17-16(18,19)12-4-6-13(7-5-12)20-15(22)10-3-11-1-8-14(9-2-11)21(23)24/h1-10H,(H,20,22)/b10-3-. The number of rotatable bonds is 4. The van der Waals surface area contributed by atoms with Gasteiger partial charge in [0.25, 0.3) is 5.69 Å². The number of nitro groups is 1. The van der Waals surface area contributed by atoms with E-state index in [1.807, 2.05) is 0 Å². The molecule has 8 heteroatoms.